The van der Waals surface area contributed by atoms with E-state index in [1.165, 1.54) is 4.31 Å². The predicted octanol–water partition coefficient (Wildman–Crippen LogP) is 3.99. The van der Waals surface area contributed by atoms with Crippen molar-refractivity contribution in [1.82, 2.24) is 9.62 Å². The van der Waals surface area contributed by atoms with E-state index in [1.807, 2.05) is 44.2 Å². The van der Waals surface area contributed by atoms with Crippen molar-refractivity contribution in [2.45, 2.75) is 44.0 Å². The van der Waals surface area contributed by atoms with Crippen LogP contribution in [0.15, 0.2) is 64.0 Å². The summed E-state index contributed by atoms with van der Waals surface area (Å²) >= 11 is 3.32. The summed E-state index contributed by atoms with van der Waals surface area (Å²) < 4.78 is 28.3. The Balaban J connectivity index is 2.19. The lowest BCUT2D eigenvalue weighted by Crippen LogP contribution is -2.44. The molecule has 28 heavy (non-hydrogen) atoms. The first-order valence-corrected chi connectivity index (χ1v) is 11.6. The van der Waals surface area contributed by atoms with Gasteiger partial charge in [-0.25, -0.2) is 8.42 Å². The molecule has 0 spiro atoms. The number of halogens is 1. The topological polar surface area (TPSA) is 66.5 Å². The van der Waals surface area contributed by atoms with Crippen molar-refractivity contribution in [1.29, 1.82) is 0 Å². The summed E-state index contributed by atoms with van der Waals surface area (Å²) in [6.45, 7) is 4.02. The standard InChI is InChI=1S/C21H27BrN2O3S/c1-3-7-17(2)23-21(25)16-24(15-14-18-8-5-4-6-9-18)28(26,27)20-12-10-19(22)11-13-20/h4-6,8-13,17H,3,7,14-16H2,1-2H3,(H,23,25). The fraction of sp³-hybridized carbons (Fsp3) is 0.381. The summed E-state index contributed by atoms with van der Waals surface area (Å²) in [7, 11) is -3.78. The molecule has 0 aromatic heterocycles. The van der Waals surface area contributed by atoms with Gasteiger partial charge in [-0.2, -0.15) is 4.31 Å². The van der Waals surface area contributed by atoms with Crippen molar-refractivity contribution in [3.8, 4) is 0 Å². The highest BCUT2D eigenvalue weighted by molar-refractivity contribution is 9.10. The molecule has 1 N–H and O–H groups in total. The van der Waals surface area contributed by atoms with E-state index in [4.69, 9.17) is 0 Å². The predicted molar refractivity (Wildman–Crippen MR) is 116 cm³/mol. The van der Waals surface area contributed by atoms with Gasteiger partial charge in [-0.15, -0.1) is 0 Å². The number of hydrogen-bond acceptors (Lipinski definition) is 3. The van der Waals surface area contributed by atoms with Crippen molar-refractivity contribution < 1.29 is 13.2 Å². The molecule has 0 radical (unpaired) electrons. The fourth-order valence-corrected chi connectivity index (χ4v) is 4.59. The van der Waals surface area contributed by atoms with Crippen LogP contribution in [0.25, 0.3) is 0 Å². The average Bonchev–Trinajstić information content (AvgIpc) is 2.66. The maximum atomic E-state index is 13.1. The monoisotopic (exact) mass is 466 g/mol. The van der Waals surface area contributed by atoms with Crippen LogP contribution in [0.3, 0.4) is 0 Å². The zero-order valence-electron chi connectivity index (χ0n) is 16.3. The lowest BCUT2D eigenvalue weighted by Gasteiger charge is -2.23. The number of benzene rings is 2. The van der Waals surface area contributed by atoms with Gasteiger partial charge in [0, 0.05) is 17.1 Å². The van der Waals surface area contributed by atoms with E-state index < -0.39 is 10.0 Å². The van der Waals surface area contributed by atoms with Gasteiger partial charge >= 0.3 is 0 Å². The Hall–Kier alpha value is -1.70. The Labute approximate surface area is 176 Å². The lowest BCUT2D eigenvalue weighted by atomic mass is 10.1. The molecule has 0 saturated carbocycles. The minimum absolute atomic E-state index is 0.0175. The summed E-state index contributed by atoms with van der Waals surface area (Å²) in [4.78, 5) is 12.6. The Morgan fingerprint density at radius 1 is 1.11 bits per heavy atom. The number of nitrogens with one attached hydrogen (secondary N) is 1. The summed E-state index contributed by atoms with van der Waals surface area (Å²) in [5, 5.41) is 2.89. The van der Waals surface area contributed by atoms with E-state index in [9.17, 15) is 13.2 Å². The maximum Gasteiger partial charge on any atom is 0.243 e. The van der Waals surface area contributed by atoms with Gasteiger partial charge in [0.1, 0.15) is 0 Å². The fourth-order valence-electron chi connectivity index (χ4n) is 2.92. The number of carbonyl (C=O) groups excluding carboxylic acids is 1. The largest absolute Gasteiger partial charge is 0.353 e. The third-order valence-electron chi connectivity index (χ3n) is 4.39. The minimum atomic E-state index is -3.78. The Morgan fingerprint density at radius 2 is 1.75 bits per heavy atom. The first-order chi connectivity index (χ1) is 13.3. The highest BCUT2D eigenvalue weighted by Crippen LogP contribution is 2.19. The van der Waals surface area contributed by atoms with Crippen LogP contribution in [0.4, 0.5) is 0 Å². The quantitative estimate of drug-likeness (QED) is 0.575. The Kier molecular flexibility index (Phi) is 8.66. The Morgan fingerprint density at radius 3 is 2.36 bits per heavy atom. The van der Waals surface area contributed by atoms with E-state index in [-0.39, 0.29) is 29.9 Å². The Bertz CT molecular complexity index is 855. The van der Waals surface area contributed by atoms with Crippen LogP contribution in [-0.4, -0.2) is 37.8 Å². The van der Waals surface area contributed by atoms with Crippen molar-refractivity contribution in [2.24, 2.45) is 0 Å². The molecule has 2 aromatic carbocycles. The van der Waals surface area contributed by atoms with Gasteiger partial charge in [-0.1, -0.05) is 59.6 Å². The van der Waals surface area contributed by atoms with Crippen molar-refractivity contribution in [3.63, 3.8) is 0 Å². The molecule has 1 amide bonds. The van der Waals surface area contributed by atoms with Crippen molar-refractivity contribution in [2.75, 3.05) is 13.1 Å². The van der Waals surface area contributed by atoms with Gasteiger partial charge < -0.3 is 5.32 Å². The number of rotatable bonds is 10. The smallest absolute Gasteiger partial charge is 0.243 e. The first kappa shape index (κ1) is 22.6. The van der Waals surface area contributed by atoms with Gasteiger partial charge in [0.2, 0.25) is 15.9 Å². The highest BCUT2D eigenvalue weighted by Gasteiger charge is 2.26. The zero-order chi connectivity index (χ0) is 20.6. The average molecular weight is 467 g/mol. The van der Waals surface area contributed by atoms with Gasteiger partial charge in [0.15, 0.2) is 0 Å². The molecule has 5 nitrogen and oxygen atoms in total. The number of nitrogens with zero attached hydrogens (tertiary/aromatic N) is 1. The highest BCUT2D eigenvalue weighted by atomic mass is 79.9. The number of sulfonamides is 1. The molecule has 152 valence electrons. The molecule has 0 fully saturated rings. The van der Waals surface area contributed by atoms with Crippen molar-refractivity contribution in [3.05, 3.63) is 64.6 Å². The van der Waals surface area contributed by atoms with E-state index in [0.29, 0.717) is 6.42 Å². The molecule has 0 aliphatic heterocycles. The first-order valence-electron chi connectivity index (χ1n) is 9.42. The molecule has 0 heterocycles. The maximum absolute atomic E-state index is 13.1. The molecule has 0 aliphatic carbocycles. The third kappa shape index (κ3) is 6.72. The molecule has 2 rings (SSSR count). The zero-order valence-corrected chi connectivity index (χ0v) is 18.7. The molecule has 0 aliphatic rings. The van der Waals surface area contributed by atoms with E-state index in [2.05, 4.69) is 21.2 Å². The van der Waals surface area contributed by atoms with Crippen LogP contribution < -0.4 is 5.32 Å². The third-order valence-corrected chi connectivity index (χ3v) is 6.78. The summed E-state index contributed by atoms with van der Waals surface area (Å²) in [6, 6.07) is 16.1. The molecule has 1 unspecified atom stereocenters. The second-order valence-corrected chi connectivity index (χ2v) is 9.64. The number of carbonyl (C=O) groups is 1. The molecule has 0 saturated heterocycles. The summed E-state index contributed by atoms with van der Waals surface area (Å²) in [6.07, 6.45) is 2.35. The molecule has 2 aromatic rings. The van der Waals surface area contributed by atoms with Crippen LogP contribution in [0.2, 0.25) is 0 Å². The van der Waals surface area contributed by atoms with Gasteiger partial charge in [-0.3, -0.25) is 4.79 Å². The van der Waals surface area contributed by atoms with E-state index in [1.54, 1.807) is 24.3 Å². The van der Waals surface area contributed by atoms with E-state index >= 15 is 0 Å². The molecule has 0 bridgehead atoms. The lowest BCUT2D eigenvalue weighted by molar-refractivity contribution is -0.121. The number of hydrogen-bond donors (Lipinski definition) is 1. The van der Waals surface area contributed by atoms with Gasteiger partial charge in [0.05, 0.1) is 11.4 Å². The van der Waals surface area contributed by atoms with Crippen LogP contribution in [0.5, 0.6) is 0 Å². The summed E-state index contributed by atoms with van der Waals surface area (Å²) in [5.41, 5.74) is 1.03. The van der Waals surface area contributed by atoms with E-state index in [0.717, 1.165) is 22.9 Å². The molecule has 7 heteroatoms. The van der Waals surface area contributed by atoms with Crippen molar-refractivity contribution >= 4 is 31.9 Å². The molecular weight excluding hydrogens is 440 g/mol. The van der Waals surface area contributed by atoms with Gasteiger partial charge in [-0.05, 0) is 49.6 Å². The molecule has 1 atom stereocenters. The molecular formula is C21H27BrN2O3S. The normalized spacial score (nSPS) is 12.7. The van der Waals surface area contributed by atoms with Crippen LogP contribution in [-0.2, 0) is 21.2 Å². The SMILES string of the molecule is CCCC(C)NC(=O)CN(CCc1ccccc1)S(=O)(=O)c1ccc(Br)cc1. The van der Waals surface area contributed by atoms with Crippen LogP contribution in [0.1, 0.15) is 32.3 Å². The second-order valence-electron chi connectivity index (χ2n) is 6.79. The number of amides is 1. The minimum Gasteiger partial charge on any atom is -0.353 e. The van der Waals surface area contributed by atoms with Crippen LogP contribution in [0, 0.1) is 0 Å². The van der Waals surface area contributed by atoms with Gasteiger partial charge in [0.25, 0.3) is 0 Å². The summed E-state index contributed by atoms with van der Waals surface area (Å²) in [5.74, 6) is -0.283. The second kappa shape index (κ2) is 10.7. The van der Waals surface area contributed by atoms with Crippen LogP contribution >= 0.6 is 15.9 Å².